The van der Waals surface area contributed by atoms with Crippen molar-refractivity contribution in [3.8, 4) is 5.75 Å². The number of halogens is 1. The Morgan fingerprint density at radius 3 is 2.55 bits per heavy atom. The molecule has 0 saturated carbocycles. The van der Waals surface area contributed by atoms with Crippen molar-refractivity contribution in [2.75, 3.05) is 52.3 Å². The number of guanidine groups is 1. The number of aliphatic imine (C=N–C) groups is 1. The molecular weight excluding hydrogens is 501 g/mol. The molecular formula is C24H36IN5O. The van der Waals surface area contributed by atoms with Crippen molar-refractivity contribution in [3.05, 3.63) is 60.2 Å². The number of hydrogen-bond acceptors (Lipinski definition) is 4. The lowest BCUT2D eigenvalue weighted by atomic mass is 10.2. The fourth-order valence-corrected chi connectivity index (χ4v) is 3.60. The van der Waals surface area contributed by atoms with E-state index in [1.165, 1.54) is 11.3 Å². The van der Waals surface area contributed by atoms with Crippen LogP contribution in [-0.2, 0) is 6.54 Å². The highest BCUT2D eigenvalue weighted by molar-refractivity contribution is 14.0. The number of rotatable bonds is 9. The molecule has 170 valence electrons. The van der Waals surface area contributed by atoms with Crippen LogP contribution in [0.3, 0.4) is 0 Å². The predicted molar refractivity (Wildman–Crippen MR) is 141 cm³/mol. The van der Waals surface area contributed by atoms with Gasteiger partial charge < -0.3 is 25.2 Å². The summed E-state index contributed by atoms with van der Waals surface area (Å²) in [5.41, 5.74) is 2.49. The van der Waals surface area contributed by atoms with Gasteiger partial charge in [0.05, 0.1) is 6.61 Å². The highest BCUT2D eigenvalue weighted by Gasteiger charge is 2.23. The fraction of sp³-hybridized carbons (Fsp3) is 0.458. The second-order valence-electron chi connectivity index (χ2n) is 7.99. The number of nitrogens with one attached hydrogen (secondary N) is 2. The second kappa shape index (κ2) is 13.4. The molecule has 1 fully saturated rings. The van der Waals surface area contributed by atoms with Crippen molar-refractivity contribution in [2.24, 2.45) is 4.99 Å². The summed E-state index contributed by atoms with van der Waals surface area (Å²) in [6, 6.07) is 19.3. The van der Waals surface area contributed by atoms with Crippen molar-refractivity contribution >= 4 is 35.6 Å². The van der Waals surface area contributed by atoms with Crippen LogP contribution in [0.1, 0.15) is 18.4 Å². The van der Waals surface area contributed by atoms with Crippen LogP contribution < -0.4 is 20.3 Å². The number of nitrogens with zero attached hydrogens (tertiary/aromatic N) is 3. The van der Waals surface area contributed by atoms with Gasteiger partial charge in [0.2, 0.25) is 0 Å². The average Bonchev–Trinajstić information content (AvgIpc) is 3.24. The number of ether oxygens (including phenoxy) is 1. The van der Waals surface area contributed by atoms with Gasteiger partial charge in [0.25, 0.3) is 0 Å². The number of benzene rings is 2. The van der Waals surface area contributed by atoms with Gasteiger partial charge in [-0.15, -0.1) is 24.0 Å². The van der Waals surface area contributed by atoms with Crippen LogP contribution in [0.5, 0.6) is 5.75 Å². The zero-order valence-electron chi connectivity index (χ0n) is 18.9. The molecule has 1 aliphatic heterocycles. The highest BCUT2D eigenvalue weighted by atomic mass is 127. The van der Waals surface area contributed by atoms with Gasteiger partial charge in [-0.2, -0.15) is 0 Å². The average molecular weight is 537 g/mol. The lowest BCUT2D eigenvalue weighted by molar-refractivity contribution is 0.281. The maximum absolute atomic E-state index is 5.81. The Morgan fingerprint density at radius 1 is 1.13 bits per heavy atom. The number of anilines is 1. The van der Waals surface area contributed by atoms with Crippen molar-refractivity contribution < 1.29 is 4.74 Å². The zero-order valence-corrected chi connectivity index (χ0v) is 21.2. The van der Waals surface area contributed by atoms with Crippen LogP contribution in [0.15, 0.2) is 59.6 Å². The quantitative estimate of drug-likeness (QED) is 0.222. The van der Waals surface area contributed by atoms with E-state index in [4.69, 9.17) is 4.74 Å². The monoisotopic (exact) mass is 537 g/mol. The zero-order chi connectivity index (χ0) is 21.2. The minimum absolute atomic E-state index is 0. The van der Waals surface area contributed by atoms with E-state index < -0.39 is 0 Å². The van der Waals surface area contributed by atoms with Crippen molar-refractivity contribution in [2.45, 2.75) is 25.4 Å². The summed E-state index contributed by atoms with van der Waals surface area (Å²) in [5, 5.41) is 6.98. The van der Waals surface area contributed by atoms with Crippen LogP contribution in [0.2, 0.25) is 0 Å². The van der Waals surface area contributed by atoms with E-state index in [-0.39, 0.29) is 24.0 Å². The third-order valence-electron chi connectivity index (χ3n) is 5.28. The second-order valence-corrected chi connectivity index (χ2v) is 7.99. The van der Waals surface area contributed by atoms with Gasteiger partial charge in [0.1, 0.15) is 5.75 Å². The van der Waals surface area contributed by atoms with Crippen molar-refractivity contribution in [1.82, 2.24) is 15.5 Å². The SMILES string of the molecule is CN=C(NCc1ccc(OCCCN(C)C)cc1)NC1CCN(c2ccccc2)C1.I. The van der Waals surface area contributed by atoms with Gasteiger partial charge in [-0.1, -0.05) is 30.3 Å². The summed E-state index contributed by atoms with van der Waals surface area (Å²) in [5.74, 6) is 1.77. The Bertz CT molecular complexity index is 782. The van der Waals surface area contributed by atoms with Gasteiger partial charge in [-0.25, -0.2) is 0 Å². The van der Waals surface area contributed by atoms with E-state index >= 15 is 0 Å². The Kier molecular flexibility index (Phi) is 10.9. The normalized spacial score (nSPS) is 16.2. The van der Waals surface area contributed by atoms with E-state index in [0.717, 1.165) is 57.3 Å². The Labute approximate surface area is 204 Å². The molecule has 0 amide bonds. The molecule has 0 aromatic heterocycles. The fourth-order valence-electron chi connectivity index (χ4n) is 3.60. The molecule has 1 saturated heterocycles. The van der Waals surface area contributed by atoms with Gasteiger partial charge in [-0.3, -0.25) is 4.99 Å². The topological polar surface area (TPSA) is 52.1 Å². The van der Waals surface area contributed by atoms with Crippen molar-refractivity contribution in [1.29, 1.82) is 0 Å². The molecule has 1 unspecified atom stereocenters. The van der Waals surface area contributed by atoms with E-state index in [1.807, 2.05) is 19.2 Å². The molecule has 0 aliphatic carbocycles. The molecule has 2 N–H and O–H groups in total. The van der Waals surface area contributed by atoms with Gasteiger partial charge >= 0.3 is 0 Å². The van der Waals surface area contributed by atoms with Gasteiger partial charge in [0.15, 0.2) is 5.96 Å². The van der Waals surface area contributed by atoms with E-state index in [9.17, 15) is 0 Å². The molecule has 2 aromatic carbocycles. The van der Waals surface area contributed by atoms with Gasteiger partial charge in [0, 0.05) is 45.0 Å². The van der Waals surface area contributed by atoms with Crippen LogP contribution >= 0.6 is 24.0 Å². The van der Waals surface area contributed by atoms with Crippen LogP contribution in [-0.4, -0.2) is 64.3 Å². The standard InChI is InChI=1S/C24H35N5O.HI/c1-25-24(27-21-14-16-29(19-21)22-8-5-4-6-9-22)26-18-20-10-12-23(13-11-20)30-17-7-15-28(2)3;/h4-6,8-13,21H,7,14-19H2,1-3H3,(H2,25,26,27);1H. The smallest absolute Gasteiger partial charge is 0.191 e. The summed E-state index contributed by atoms with van der Waals surface area (Å²) in [6.45, 7) is 4.57. The third-order valence-corrected chi connectivity index (χ3v) is 5.28. The first-order valence-corrected chi connectivity index (χ1v) is 10.8. The molecule has 1 heterocycles. The molecule has 0 bridgehead atoms. The Hall–Kier alpha value is -2.00. The summed E-state index contributed by atoms with van der Waals surface area (Å²) < 4.78 is 5.81. The molecule has 0 spiro atoms. The predicted octanol–water partition coefficient (Wildman–Crippen LogP) is 3.58. The number of para-hydroxylation sites is 1. The molecule has 1 atom stereocenters. The summed E-state index contributed by atoms with van der Waals surface area (Å²) >= 11 is 0. The minimum Gasteiger partial charge on any atom is -0.494 e. The number of hydrogen-bond donors (Lipinski definition) is 2. The van der Waals surface area contributed by atoms with Crippen LogP contribution in [0, 0.1) is 0 Å². The Morgan fingerprint density at radius 2 is 1.87 bits per heavy atom. The largest absolute Gasteiger partial charge is 0.494 e. The minimum atomic E-state index is 0. The summed E-state index contributed by atoms with van der Waals surface area (Å²) in [7, 11) is 5.98. The molecule has 1 aliphatic rings. The molecule has 3 rings (SSSR count). The van der Waals surface area contributed by atoms with E-state index in [1.54, 1.807) is 0 Å². The van der Waals surface area contributed by atoms with Crippen molar-refractivity contribution in [3.63, 3.8) is 0 Å². The molecule has 2 aromatic rings. The van der Waals surface area contributed by atoms with E-state index in [0.29, 0.717) is 6.04 Å². The lowest BCUT2D eigenvalue weighted by Gasteiger charge is -2.20. The molecule has 6 nitrogen and oxygen atoms in total. The first-order valence-electron chi connectivity index (χ1n) is 10.8. The van der Waals surface area contributed by atoms with Gasteiger partial charge in [-0.05, 0) is 56.8 Å². The third kappa shape index (κ3) is 8.57. The molecule has 7 heteroatoms. The molecule has 0 radical (unpaired) electrons. The van der Waals surface area contributed by atoms with Crippen LogP contribution in [0.4, 0.5) is 5.69 Å². The van der Waals surface area contributed by atoms with E-state index in [2.05, 4.69) is 82.0 Å². The molecule has 31 heavy (non-hydrogen) atoms. The maximum Gasteiger partial charge on any atom is 0.191 e. The van der Waals surface area contributed by atoms with Crippen LogP contribution in [0.25, 0.3) is 0 Å². The summed E-state index contributed by atoms with van der Waals surface area (Å²) in [4.78, 5) is 8.98. The lowest BCUT2D eigenvalue weighted by Crippen LogP contribution is -2.44. The highest BCUT2D eigenvalue weighted by Crippen LogP contribution is 2.19. The summed E-state index contributed by atoms with van der Waals surface area (Å²) in [6.07, 6.45) is 2.14. The Balaban J connectivity index is 0.00000341. The first-order chi connectivity index (χ1) is 14.6. The first kappa shape index (κ1) is 25.3. The maximum atomic E-state index is 5.81.